The second kappa shape index (κ2) is 7.37. The Labute approximate surface area is 155 Å². The van der Waals surface area contributed by atoms with Crippen LogP contribution in [0, 0.1) is 0 Å². The van der Waals surface area contributed by atoms with Gasteiger partial charge in [0.05, 0.1) is 10.6 Å². The summed E-state index contributed by atoms with van der Waals surface area (Å²) in [7, 11) is -1.89. The minimum Gasteiger partial charge on any atom is -0.311 e. The van der Waals surface area contributed by atoms with Crippen molar-refractivity contribution in [3.63, 3.8) is 0 Å². The number of carbonyl (C=O) groups excluding carboxylic acids is 1. The van der Waals surface area contributed by atoms with Gasteiger partial charge in [0, 0.05) is 36.5 Å². The third kappa shape index (κ3) is 3.01. The molecular formula is C20H26N2O3S. The molecule has 2 aromatic carbocycles. The van der Waals surface area contributed by atoms with E-state index in [2.05, 4.69) is 13.8 Å². The molecule has 0 fully saturated rings. The normalized spacial score (nSPS) is 14.0. The smallest absolute Gasteiger partial charge is 0.258 e. The molecule has 1 amide bonds. The van der Waals surface area contributed by atoms with Gasteiger partial charge >= 0.3 is 0 Å². The number of hydrogen-bond donors (Lipinski definition) is 0. The highest BCUT2D eigenvalue weighted by atomic mass is 32.2. The fourth-order valence-corrected chi connectivity index (χ4v) is 5.20. The zero-order chi connectivity index (χ0) is 18.9. The fraction of sp³-hybridized carbons (Fsp3) is 0.450. The molecule has 1 aliphatic heterocycles. The van der Waals surface area contributed by atoms with Gasteiger partial charge in [0.1, 0.15) is 0 Å². The molecule has 0 radical (unpaired) electrons. The lowest BCUT2D eigenvalue weighted by atomic mass is 10.1. The third-order valence-electron chi connectivity index (χ3n) is 5.01. The predicted molar refractivity (Wildman–Crippen MR) is 105 cm³/mol. The predicted octanol–water partition coefficient (Wildman–Crippen LogP) is 4.02. The average molecular weight is 375 g/mol. The maximum atomic E-state index is 13.4. The topological polar surface area (TPSA) is 57.7 Å². The molecule has 0 spiro atoms. The Bertz CT molecular complexity index is 929. The Balaban J connectivity index is 2.14. The summed E-state index contributed by atoms with van der Waals surface area (Å²) >= 11 is 0. The van der Waals surface area contributed by atoms with Crippen molar-refractivity contribution in [2.75, 3.05) is 25.0 Å². The van der Waals surface area contributed by atoms with Crippen LogP contribution in [-0.2, 0) is 10.0 Å². The molecule has 1 aliphatic rings. The van der Waals surface area contributed by atoms with E-state index in [-0.39, 0.29) is 5.91 Å². The van der Waals surface area contributed by atoms with E-state index in [0.717, 1.165) is 36.8 Å². The van der Waals surface area contributed by atoms with Crippen LogP contribution in [0.3, 0.4) is 0 Å². The molecule has 140 valence electrons. The molecule has 6 heteroatoms. The lowest BCUT2D eigenvalue weighted by Crippen LogP contribution is -2.33. The average Bonchev–Trinajstić information content (AvgIpc) is 2.88. The maximum absolute atomic E-state index is 13.4. The summed E-state index contributed by atoms with van der Waals surface area (Å²) in [5.41, 5.74) is 1.35. The number of benzene rings is 2. The van der Waals surface area contributed by atoms with E-state index in [9.17, 15) is 13.2 Å². The van der Waals surface area contributed by atoms with E-state index in [4.69, 9.17) is 0 Å². The molecule has 0 saturated carbocycles. The Morgan fingerprint density at radius 1 is 1.00 bits per heavy atom. The van der Waals surface area contributed by atoms with Crippen LogP contribution in [0.4, 0.5) is 5.69 Å². The van der Waals surface area contributed by atoms with Crippen molar-refractivity contribution >= 4 is 32.4 Å². The van der Waals surface area contributed by atoms with Gasteiger partial charge < -0.3 is 4.90 Å². The summed E-state index contributed by atoms with van der Waals surface area (Å²) < 4.78 is 28.4. The highest BCUT2D eigenvalue weighted by molar-refractivity contribution is 7.89. The van der Waals surface area contributed by atoms with E-state index in [0.29, 0.717) is 28.9 Å². The monoisotopic (exact) mass is 374 g/mol. The van der Waals surface area contributed by atoms with Crippen molar-refractivity contribution in [2.24, 2.45) is 0 Å². The van der Waals surface area contributed by atoms with Gasteiger partial charge in [-0.25, -0.2) is 8.42 Å². The molecule has 0 saturated heterocycles. The molecule has 0 aliphatic carbocycles. The molecule has 1 heterocycles. The Hall–Kier alpha value is -1.92. The van der Waals surface area contributed by atoms with Gasteiger partial charge in [-0.2, -0.15) is 4.31 Å². The molecule has 0 N–H and O–H groups in total. The summed E-state index contributed by atoms with van der Waals surface area (Å²) in [5.74, 6) is -0.0889. The van der Waals surface area contributed by atoms with Gasteiger partial charge in [-0.15, -0.1) is 0 Å². The second-order valence-corrected chi connectivity index (χ2v) is 8.69. The Morgan fingerprint density at radius 2 is 1.65 bits per heavy atom. The molecule has 26 heavy (non-hydrogen) atoms. The molecule has 0 bridgehead atoms. The van der Waals surface area contributed by atoms with Crippen LogP contribution in [0.25, 0.3) is 10.8 Å². The first-order valence-corrected chi connectivity index (χ1v) is 10.7. The van der Waals surface area contributed by atoms with E-state index >= 15 is 0 Å². The molecular weight excluding hydrogens is 348 g/mol. The van der Waals surface area contributed by atoms with Gasteiger partial charge in [-0.3, -0.25) is 4.79 Å². The van der Waals surface area contributed by atoms with Crippen LogP contribution in [0.1, 0.15) is 49.9 Å². The highest BCUT2D eigenvalue weighted by Crippen LogP contribution is 2.40. The van der Waals surface area contributed by atoms with Crippen molar-refractivity contribution in [3.8, 4) is 0 Å². The fourth-order valence-electron chi connectivity index (χ4n) is 3.49. The molecule has 0 aromatic heterocycles. The Kier molecular flexibility index (Phi) is 5.34. The maximum Gasteiger partial charge on any atom is 0.258 e. The summed E-state index contributed by atoms with van der Waals surface area (Å²) in [6.45, 7) is 5.18. The second-order valence-electron chi connectivity index (χ2n) is 6.79. The number of rotatable bonds is 8. The number of amides is 1. The van der Waals surface area contributed by atoms with Gasteiger partial charge in [0.25, 0.3) is 5.91 Å². The summed E-state index contributed by atoms with van der Waals surface area (Å²) in [6, 6.07) is 8.73. The molecule has 3 rings (SSSR count). The first kappa shape index (κ1) is 18.9. The SMILES string of the molecule is CCCCN(CCCC)S(=O)(=O)c1ccc2c3c(cccc13)C(=O)N2C. The summed E-state index contributed by atoms with van der Waals surface area (Å²) in [6.07, 6.45) is 3.57. The van der Waals surface area contributed by atoms with Crippen molar-refractivity contribution < 1.29 is 13.2 Å². The molecule has 2 aromatic rings. The van der Waals surface area contributed by atoms with Crippen LogP contribution >= 0.6 is 0 Å². The van der Waals surface area contributed by atoms with Crippen LogP contribution in [0.5, 0.6) is 0 Å². The number of anilines is 1. The number of hydrogen-bond acceptors (Lipinski definition) is 3. The van der Waals surface area contributed by atoms with E-state index in [1.807, 2.05) is 0 Å². The Morgan fingerprint density at radius 3 is 2.27 bits per heavy atom. The molecule has 5 nitrogen and oxygen atoms in total. The van der Waals surface area contributed by atoms with E-state index < -0.39 is 10.0 Å². The van der Waals surface area contributed by atoms with Crippen molar-refractivity contribution in [1.82, 2.24) is 4.31 Å². The van der Waals surface area contributed by atoms with Crippen molar-refractivity contribution in [1.29, 1.82) is 0 Å². The largest absolute Gasteiger partial charge is 0.311 e. The third-order valence-corrected chi connectivity index (χ3v) is 6.97. The standard InChI is InChI=1S/C20H26N2O3S/c1-4-6-13-22(14-7-5-2)26(24,25)18-12-11-17-19-15(18)9-8-10-16(19)20(23)21(17)3/h8-12H,4-7,13-14H2,1-3H3. The van der Waals surface area contributed by atoms with Gasteiger partial charge in [0.15, 0.2) is 0 Å². The number of sulfonamides is 1. The quantitative estimate of drug-likeness (QED) is 0.701. The van der Waals surface area contributed by atoms with Crippen LogP contribution in [0.2, 0.25) is 0 Å². The van der Waals surface area contributed by atoms with Crippen molar-refractivity contribution in [2.45, 2.75) is 44.4 Å². The number of nitrogens with zero attached hydrogens (tertiary/aromatic N) is 2. The summed E-state index contributed by atoms with van der Waals surface area (Å²) in [5, 5.41) is 1.38. The van der Waals surface area contributed by atoms with Gasteiger partial charge in [0.2, 0.25) is 10.0 Å². The van der Waals surface area contributed by atoms with E-state index in [1.54, 1.807) is 46.6 Å². The minimum atomic E-state index is -3.61. The lowest BCUT2D eigenvalue weighted by molar-refractivity contribution is 0.0999. The van der Waals surface area contributed by atoms with Gasteiger partial charge in [-0.1, -0.05) is 38.8 Å². The molecule has 0 atom stereocenters. The lowest BCUT2D eigenvalue weighted by Gasteiger charge is -2.23. The first-order valence-electron chi connectivity index (χ1n) is 9.27. The molecule has 0 unspecified atom stereocenters. The zero-order valence-corrected chi connectivity index (χ0v) is 16.5. The minimum absolute atomic E-state index is 0.0889. The zero-order valence-electron chi connectivity index (χ0n) is 15.7. The highest BCUT2D eigenvalue weighted by Gasteiger charge is 2.32. The van der Waals surface area contributed by atoms with Crippen molar-refractivity contribution in [3.05, 3.63) is 35.9 Å². The van der Waals surface area contributed by atoms with Gasteiger partial charge in [-0.05, 0) is 31.0 Å². The van der Waals surface area contributed by atoms with Crippen LogP contribution in [0.15, 0.2) is 35.2 Å². The first-order chi connectivity index (χ1) is 12.4. The van der Waals surface area contributed by atoms with Crippen LogP contribution < -0.4 is 4.90 Å². The number of unbranched alkanes of at least 4 members (excludes halogenated alkanes) is 2. The number of carbonyl (C=O) groups is 1. The van der Waals surface area contributed by atoms with E-state index in [1.165, 1.54) is 0 Å². The summed E-state index contributed by atoms with van der Waals surface area (Å²) in [4.78, 5) is 14.3. The van der Waals surface area contributed by atoms with Crippen LogP contribution in [-0.4, -0.2) is 38.8 Å².